The molecule has 0 heterocycles. The van der Waals surface area contributed by atoms with E-state index in [1.54, 1.807) is 0 Å². The molecule has 0 unspecified atom stereocenters. The topological polar surface area (TPSA) is 16.6 Å². The molecule has 0 aliphatic heterocycles. The van der Waals surface area contributed by atoms with Gasteiger partial charge in [-0.1, -0.05) is 30.2 Å². The van der Waals surface area contributed by atoms with Gasteiger partial charge in [-0.05, 0) is 49.1 Å². The highest BCUT2D eigenvalue weighted by Crippen LogP contribution is 2.57. The summed E-state index contributed by atoms with van der Waals surface area (Å²) < 4.78 is 0. The largest absolute Gasteiger partial charge is 0.340 e. The molecule has 3 saturated carbocycles. The Kier molecular flexibility index (Phi) is 3.08. The minimum atomic E-state index is 0.870. The van der Waals surface area contributed by atoms with E-state index in [4.69, 9.17) is 11.6 Å². The molecule has 19 heavy (non-hydrogen) atoms. The van der Waals surface area contributed by atoms with Crippen LogP contribution in [0.25, 0.3) is 0 Å². The summed E-state index contributed by atoms with van der Waals surface area (Å²) in [7, 11) is 0. The first-order valence-corrected chi connectivity index (χ1v) is 8.27. The predicted octanol–water partition coefficient (Wildman–Crippen LogP) is 3.23. The van der Waals surface area contributed by atoms with Crippen molar-refractivity contribution < 1.29 is 5.32 Å². The fourth-order valence-electron chi connectivity index (χ4n) is 5.34. The van der Waals surface area contributed by atoms with Crippen molar-refractivity contribution in [2.45, 2.75) is 44.7 Å². The van der Waals surface area contributed by atoms with E-state index in [1.165, 1.54) is 37.7 Å². The Hall–Kier alpha value is -0.530. The maximum atomic E-state index is 6.06. The van der Waals surface area contributed by atoms with Crippen molar-refractivity contribution in [1.29, 1.82) is 0 Å². The highest BCUT2D eigenvalue weighted by atomic mass is 35.5. The molecule has 1 aromatic rings. The maximum absolute atomic E-state index is 6.06. The molecule has 4 rings (SSSR count). The third-order valence-corrected chi connectivity index (χ3v) is 6.26. The summed E-state index contributed by atoms with van der Waals surface area (Å²) in [6.45, 7) is 1.10. The molecule has 0 spiro atoms. The number of benzene rings is 1. The van der Waals surface area contributed by atoms with Crippen LogP contribution in [0.15, 0.2) is 24.3 Å². The van der Waals surface area contributed by atoms with Gasteiger partial charge >= 0.3 is 0 Å². The van der Waals surface area contributed by atoms with E-state index in [0.29, 0.717) is 0 Å². The molecule has 3 fully saturated rings. The molecule has 3 aliphatic rings. The van der Waals surface area contributed by atoms with Gasteiger partial charge in [0.05, 0.1) is 6.04 Å². The molecule has 2 N–H and O–H groups in total. The van der Waals surface area contributed by atoms with Gasteiger partial charge in [0.25, 0.3) is 0 Å². The van der Waals surface area contributed by atoms with Crippen LogP contribution in [0.3, 0.4) is 0 Å². The Morgan fingerprint density at radius 1 is 1.11 bits per heavy atom. The monoisotopic (exact) mass is 276 g/mol. The normalized spacial score (nSPS) is 39.7. The number of halogens is 1. The first kappa shape index (κ1) is 12.2. The second kappa shape index (κ2) is 4.79. The Balaban J connectivity index is 1.40. The quantitative estimate of drug-likeness (QED) is 0.873. The molecule has 2 heteroatoms. The average molecular weight is 277 g/mol. The highest BCUT2D eigenvalue weighted by molar-refractivity contribution is 6.30. The van der Waals surface area contributed by atoms with Gasteiger partial charge in [0.15, 0.2) is 0 Å². The Labute approximate surface area is 120 Å². The Bertz CT molecular complexity index is 472. The predicted molar refractivity (Wildman–Crippen MR) is 77.9 cm³/mol. The lowest BCUT2D eigenvalue weighted by molar-refractivity contribution is -0.711. The van der Waals surface area contributed by atoms with E-state index in [2.05, 4.69) is 23.5 Å². The zero-order chi connectivity index (χ0) is 12.8. The minimum Gasteiger partial charge on any atom is -0.340 e. The smallest absolute Gasteiger partial charge is 0.101 e. The molecular formula is C17H23ClN+. The van der Waals surface area contributed by atoms with Crippen LogP contribution in [0, 0.1) is 23.7 Å². The third-order valence-electron chi connectivity index (χ3n) is 6.03. The molecule has 0 aromatic heterocycles. The first-order chi connectivity index (χ1) is 9.31. The van der Waals surface area contributed by atoms with E-state index < -0.39 is 0 Å². The zero-order valence-corrected chi connectivity index (χ0v) is 12.2. The number of hydrogen-bond donors (Lipinski definition) is 1. The fourth-order valence-corrected chi connectivity index (χ4v) is 5.56. The van der Waals surface area contributed by atoms with Crippen LogP contribution in [0.5, 0.6) is 0 Å². The van der Waals surface area contributed by atoms with Crippen molar-refractivity contribution in [3.05, 3.63) is 34.9 Å². The fraction of sp³-hybridized carbons (Fsp3) is 0.647. The van der Waals surface area contributed by atoms with Crippen molar-refractivity contribution in [1.82, 2.24) is 0 Å². The van der Waals surface area contributed by atoms with E-state index in [1.807, 2.05) is 6.07 Å². The molecule has 2 bridgehead atoms. The number of rotatable bonds is 3. The van der Waals surface area contributed by atoms with E-state index in [0.717, 1.165) is 41.3 Å². The van der Waals surface area contributed by atoms with Gasteiger partial charge in [-0.15, -0.1) is 0 Å². The molecule has 1 nitrogen and oxygen atoms in total. The number of nitrogens with two attached hydrogens (primary N) is 1. The van der Waals surface area contributed by atoms with Crippen LogP contribution in [-0.4, -0.2) is 6.04 Å². The second-order valence-electron chi connectivity index (χ2n) is 6.89. The second-order valence-corrected chi connectivity index (χ2v) is 7.32. The summed E-state index contributed by atoms with van der Waals surface area (Å²) in [5.74, 6) is 4.29. The van der Waals surface area contributed by atoms with Crippen LogP contribution < -0.4 is 5.32 Å². The molecule has 0 amide bonds. The Morgan fingerprint density at radius 3 is 2.89 bits per heavy atom. The molecule has 1 aromatic carbocycles. The average Bonchev–Trinajstić information content (AvgIpc) is 3.08. The highest BCUT2D eigenvalue weighted by Gasteiger charge is 2.55. The van der Waals surface area contributed by atoms with Gasteiger partial charge in [-0.25, -0.2) is 0 Å². The SMILES string of the molecule is Clc1cccc(C[NH2+][C@@H]2C[C@H]3C[C@@H]2[C@H]2CCC[C@H]32)c1. The number of hydrogen-bond acceptors (Lipinski definition) is 0. The van der Waals surface area contributed by atoms with Crippen LogP contribution in [0.1, 0.15) is 37.7 Å². The lowest BCUT2D eigenvalue weighted by Crippen LogP contribution is -2.90. The van der Waals surface area contributed by atoms with E-state index in [-0.39, 0.29) is 0 Å². The molecule has 102 valence electrons. The molecular weight excluding hydrogens is 254 g/mol. The van der Waals surface area contributed by atoms with E-state index in [9.17, 15) is 0 Å². The summed E-state index contributed by atoms with van der Waals surface area (Å²) in [5.41, 5.74) is 1.37. The lowest BCUT2D eigenvalue weighted by atomic mass is 9.79. The van der Waals surface area contributed by atoms with Crippen molar-refractivity contribution in [3.8, 4) is 0 Å². The summed E-state index contributed by atoms with van der Waals surface area (Å²) in [4.78, 5) is 0. The van der Waals surface area contributed by atoms with Gasteiger partial charge in [0.1, 0.15) is 6.54 Å². The third kappa shape index (κ3) is 2.11. The van der Waals surface area contributed by atoms with E-state index >= 15 is 0 Å². The van der Waals surface area contributed by atoms with Gasteiger partial charge in [-0.2, -0.15) is 0 Å². The van der Waals surface area contributed by atoms with Crippen LogP contribution in [0.4, 0.5) is 0 Å². The van der Waals surface area contributed by atoms with Gasteiger partial charge in [0.2, 0.25) is 0 Å². The zero-order valence-electron chi connectivity index (χ0n) is 11.4. The van der Waals surface area contributed by atoms with Crippen LogP contribution >= 0.6 is 11.6 Å². The van der Waals surface area contributed by atoms with Gasteiger partial charge in [0, 0.05) is 22.9 Å². The molecule has 5 atom stereocenters. The first-order valence-electron chi connectivity index (χ1n) is 7.89. The number of fused-ring (bicyclic) bond motifs is 5. The number of quaternary nitrogens is 1. The molecule has 0 radical (unpaired) electrons. The van der Waals surface area contributed by atoms with Crippen molar-refractivity contribution in [2.75, 3.05) is 0 Å². The van der Waals surface area contributed by atoms with Crippen LogP contribution in [-0.2, 0) is 6.54 Å². The summed E-state index contributed by atoms with van der Waals surface area (Å²) in [5, 5.41) is 3.47. The maximum Gasteiger partial charge on any atom is 0.101 e. The summed E-state index contributed by atoms with van der Waals surface area (Å²) in [6, 6.07) is 9.24. The van der Waals surface area contributed by atoms with Crippen molar-refractivity contribution in [2.24, 2.45) is 23.7 Å². The summed E-state index contributed by atoms with van der Waals surface area (Å²) in [6.07, 6.45) is 7.57. The summed E-state index contributed by atoms with van der Waals surface area (Å²) >= 11 is 6.06. The molecule has 0 saturated heterocycles. The lowest BCUT2D eigenvalue weighted by Gasteiger charge is -2.30. The Morgan fingerprint density at radius 2 is 2.00 bits per heavy atom. The minimum absolute atomic E-state index is 0.870. The van der Waals surface area contributed by atoms with Crippen LogP contribution in [0.2, 0.25) is 5.02 Å². The standard InChI is InChI=1S/C17H22ClN/c18-13-4-1-3-11(7-13)10-19-17-9-12-8-16(17)15-6-2-5-14(12)15/h1,3-4,7,12,14-17,19H,2,5-6,8-10H2/p+1/t12-,14-,15+,16-,17-/m1/s1. The van der Waals surface area contributed by atoms with Gasteiger partial charge < -0.3 is 5.32 Å². The van der Waals surface area contributed by atoms with Crippen molar-refractivity contribution >= 4 is 11.6 Å². The van der Waals surface area contributed by atoms with Crippen molar-refractivity contribution in [3.63, 3.8) is 0 Å². The van der Waals surface area contributed by atoms with Gasteiger partial charge in [-0.3, -0.25) is 0 Å². The molecule has 3 aliphatic carbocycles.